The Hall–Kier alpha value is -3.36. The average molecular weight is 410 g/mol. The second-order valence-corrected chi connectivity index (χ2v) is 8.00. The van der Waals surface area contributed by atoms with Crippen molar-refractivity contribution in [2.45, 2.75) is 13.8 Å². The van der Waals surface area contributed by atoms with Crippen molar-refractivity contribution >= 4 is 33.8 Å². The van der Waals surface area contributed by atoms with Crippen LogP contribution in [0, 0.1) is 6.92 Å². The average Bonchev–Trinajstić information content (AvgIpc) is 3.08. The van der Waals surface area contributed by atoms with E-state index in [0.717, 1.165) is 49.9 Å². The Bertz CT molecular complexity index is 1410. The molecule has 0 radical (unpaired) electrons. The Morgan fingerprint density at radius 2 is 1.50 bits per heavy atom. The van der Waals surface area contributed by atoms with Crippen molar-refractivity contribution < 1.29 is 4.79 Å². The van der Waals surface area contributed by atoms with Crippen molar-refractivity contribution in [1.82, 2.24) is 4.40 Å². The molecule has 2 nitrogen and oxygen atoms in total. The Morgan fingerprint density at radius 1 is 0.833 bits per heavy atom. The minimum absolute atomic E-state index is 0.0705. The molecular formula is C27H20ClNO. The molecule has 0 unspecified atom stereocenters. The van der Waals surface area contributed by atoms with Gasteiger partial charge in [-0.15, -0.1) is 0 Å². The fourth-order valence-corrected chi connectivity index (χ4v) is 4.58. The van der Waals surface area contributed by atoms with Gasteiger partial charge >= 0.3 is 0 Å². The minimum atomic E-state index is 0.0705. The highest BCUT2D eigenvalue weighted by Gasteiger charge is 2.24. The fourth-order valence-electron chi connectivity index (χ4n) is 4.45. The number of hydrogen-bond acceptors (Lipinski definition) is 1. The topological polar surface area (TPSA) is 21.5 Å². The van der Waals surface area contributed by atoms with Crippen LogP contribution >= 0.6 is 11.6 Å². The summed E-state index contributed by atoms with van der Waals surface area (Å²) in [5.41, 5.74) is 8.04. The lowest BCUT2D eigenvalue weighted by molar-refractivity contribution is 0.101. The van der Waals surface area contributed by atoms with E-state index in [0.29, 0.717) is 5.02 Å². The van der Waals surface area contributed by atoms with E-state index >= 15 is 0 Å². The maximum absolute atomic E-state index is 12.8. The smallest absolute Gasteiger partial charge is 0.162 e. The van der Waals surface area contributed by atoms with Crippen LogP contribution in [0.3, 0.4) is 0 Å². The lowest BCUT2D eigenvalue weighted by Crippen LogP contribution is -1.97. The van der Waals surface area contributed by atoms with Gasteiger partial charge in [0.15, 0.2) is 5.78 Å². The van der Waals surface area contributed by atoms with Crippen LogP contribution in [0.15, 0.2) is 84.9 Å². The lowest BCUT2D eigenvalue weighted by atomic mass is 9.95. The van der Waals surface area contributed by atoms with Gasteiger partial charge in [0.2, 0.25) is 0 Å². The third kappa shape index (κ3) is 2.84. The second-order valence-electron chi connectivity index (χ2n) is 7.57. The summed E-state index contributed by atoms with van der Waals surface area (Å²) in [5, 5.41) is 1.83. The standard InChI is InChI=1S/C27H20ClNO/c1-17-25(18(2)30)26(20-8-4-3-5-9-20)27-23(19-12-14-22(28)15-13-19)16-21-10-6-7-11-24(21)29(17)27/h3-16H,1-2H3. The predicted octanol–water partition coefficient (Wildman–Crippen LogP) is 7.59. The molecule has 5 rings (SSSR count). The van der Waals surface area contributed by atoms with E-state index < -0.39 is 0 Å². The zero-order valence-electron chi connectivity index (χ0n) is 16.8. The number of para-hydroxylation sites is 1. The van der Waals surface area contributed by atoms with Crippen LogP contribution in [0.25, 0.3) is 38.7 Å². The van der Waals surface area contributed by atoms with Crippen LogP contribution < -0.4 is 0 Å². The first-order valence-corrected chi connectivity index (χ1v) is 10.3. The van der Waals surface area contributed by atoms with E-state index in [2.05, 4.69) is 34.7 Å². The Morgan fingerprint density at radius 3 is 2.20 bits per heavy atom. The van der Waals surface area contributed by atoms with Crippen molar-refractivity contribution in [3.63, 3.8) is 0 Å². The number of pyridine rings is 1. The fraction of sp³-hybridized carbons (Fsp3) is 0.0741. The molecule has 146 valence electrons. The summed E-state index contributed by atoms with van der Waals surface area (Å²) in [6.07, 6.45) is 0. The van der Waals surface area contributed by atoms with Gasteiger partial charge in [0.25, 0.3) is 0 Å². The first-order chi connectivity index (χ1) is 14.6. The first-order valence-electron chi connectivity index (χ1n) is 9.95. The molecule has 0 amide bonds. The summed E-state index contributed by atoms with van der Waals surface area (Å²) in [6, 6.07) is 28.6. The number of nitrogens with zero attached hydrogens (tertiary/aromatic N) is 1. The zero-order chi connectivity index (χ0) is 20.8. The molecule has 0 saturated carbocycles. The number of carbonyl (C=O) groups excluding carboxylic acids is 1. The van der Waals surface area contributed by atoms with Crippen LogP contribution in [-0.4, -0.2) is 10.2 Å². The molecule has 3 aromatic carbocycles. The van der Waals surface area contributed by atoms with E-state index in [9.17, 15) is 4.79 Å². The number of aryl methyl sites for hydroxylation is 1. The van der Waals surface area contributed by atoms with Crippen LogP contribution in [0.4, 0.5) is 0 Å². The van der Waals surface area contributed by atoms with E-state index in [4.69, 9.17) is 11.6 Å². The highest BCUT2D eigenvalue weighted by molar-refractivity contribution is 6.30. The number of rotatable bonds is 3. The molecule has 0 aliphatic heterocycles. The zero-order valence-corrected chi connectivity index (χ0v) is 17.6. The molecule has 0 fully saturated rings. The van der Waals surface area contributed by atoms with E-state index in [1.807, 2.05) is 61.5 Å². The molecule has 0 N–H and O–H groups in total. The predicted molar refractivity (Wildman–Crippen MR) is 126 cm³/mol. The molecule has 2 aromatic heterocycles. The van der Waals surface area contributed by atoms with Crippen molar-refractivity contribution in [1.29, 1.82) is 0 Å². The van der Waals surface area contributed by atoms with Gasteiger partial charge in [-0.2, -0.15) is 0 Å². The molecule has 30 heavy (non-hydrogen) atoms. The number of carbonyl (C=O) groups is 1. The van der Waals surface area contributed by atoms with E-state index in [1.165, 1.54) is 0 Å². The van der Waals surface area contributed by atoms with Crippen molar-refractivity contribution in [3.05, 3.63) is 101 Å². The van der Waals surface area contributed by atoms with E-state index in [1.54, 1.807) is 6.92 Å². The second kappa shape index (κ2) is 7.16. The number of aromatic nitrogens is 1. The molecule has 2 heterocycles. The molecule has 0 saturated heterocycles. The third-order valence-electron chi connectivity index (χ3n) is 5.71. The normalized spacial score (nSPS) is 11.3. The van der Waals surface area contributed by atoms with Gasteiger partial charge in [-0.1, -0.05) is 72.3 Å². The maximum Gasteiger partial charge on any atom is 0.162 e. The number of hydrogen-bond donors (Lipinski definition) is 0. The number of Topliss-reactive ketones (excluding diaryl/α,β-unsaturated/α-hetero) is 1. The molecule has 0 spiro atoms. The molecule has 0 aliphatic rings. The summed E-state index contributed by atoms with van der Waals surface area (Å²) >= 11 is 6.16. The Balaban J connectivity index is 2.04. The van der Waals surface area contributed by atoms with Crippen LogP contribution in [0.5, 0.6) is 0 Å². The number of fused-ring (bicyclic) bond motifs is 3. The monoisotopic (exact) mass is 409 g/mol. The summed E-state index contributed by atoms with van der Waals surface area (Å²) < 4.78 is 2.23. The maximum atomic E-state index is 12.8. The highest BCUT2D eigenvalue weighted by atomic mass is 35.5. The van der Waals surface area contributed by atoms with Gasteiger partial charge in [0.05, 0.1) is 11.0 Å². The summed E-state index contributed by atoms with van der Waals surface area (Å²) in [5.74, 6) is 0.0705. The quantitative estimate of drug-likeness (QED) is 0.281. The number of halogens is 1. The molecule has 5 aromatic rings. The summed E-state index contributed by atoms with van der Waals surface area (Å²) in [4.78, 5) is 12.8. The lowest BCUT2D eigenvalue weighted by Gasteiger charge is -2.13. The summed E-state index contributed by atoms with van der Waals surface area (Å²) in [7, 11) is 0. The van der Waals surface area contributed by atoms with Gasteiger partial charge in [-0.3, -0.25) is 4.79 Å². The van der Waals surface area contributed by atoms with Crippen molar-refractivity contribution in [2.24, 2.45) is 0 Å². The van der Waals surface area contributed by atoms with Crippen LogP contribution in [0.1, 0.15) is 23.0 Å². The molecule has 0 atom stereocenters. The van der Waals surface area contributed by atoms with Crippen molar-refractivity contribution in [2.75, 3.05) is 0 Å². The van der Waals surface area contributed by atoms with Gasteiger partial charge in [-0.25, -0.2) is 0 Å². The Labute approximate surface area is 180 Å². The highest BCUT2D eigenvalue weighted by Crippen LogP contribution is 2.41. The van der Waals surface area contributed by atoms with Gasteiger partial charge in [0, 0.05) is 27.4 Å². The van der Waals surface area contributed by atoms with Crippen molar-refractivity contribution in [3.8, 4) is 22.3 Å². The van der Waals surface area contributed by atoms with Crippen LogP contribution in [0.2, 0.25) is 5.02 Å². The summed E-state index contributed by atoms with van der Waals surface area (Å²) in [6.45, 7) is 3.69. The molecular weight excluding hydrogens is 390 g/mol. The molecule has 0 bridgehead atoms. The van der Waals surface area contributed by atoms with Gasteiger partial charge < -0.3 is 4.40 Å². The van der Waals surface area contributed by atoms with Gasteiger partial charge in [-0.05, 0) is 54.6 Å². The van der Waals surface area contributed by atoms with Gasteiger partial charge in [0.1, 0.15) is 0 Å². The minimum Gasteiger partial charge on any atom is -0.312 e. The Kier molecular flexibility index (Phi) is 4.45. The SMILES string of the molecule is CC(=O)c1c(-c2ccccc2)c2c(-c3ccc(Cl)cc3)cc3ccccc3n2c1C. The first kappa shape index (κ1) is 18.7. The van der Waals surface area contributed by atoms with E-state index in [-0.39, 0.29) is 5.78 Å². The van der Waals surface area contributed by atoms with Crippen LogP contribution in [-0.2, 0) is 0 Å². The molecule has 3 heteroatoms. The number of benzene rings is 3. The third-order valence-corrected chi connectivity index (χ3v) is 5.96. The number of ketones is 1. The largest absolute Gasteiger partial charge is 0.312 e. The molecule has 0 aliphatic carbocycles.